The molecule has 0 spiro atoms. The Kier molecular flexibility index (Phi) is 13.3. The standard InChI is InChI=1S/C28H41F2N3O5/c1-7-33(8-2)27(38)21-11-9-10-20(15-21)25(36)32-22(14-19(5)17-28(6,30)12-13-29)23(34)16-24(35)26(37)31-18(3)4/h9-13,15,18,22-24,34-35H,5,7-8,14,16-17H2,1-4,6H3,(H,31,37)(H,32,36)/b13-12+/t22?,23-,24+,28?/m0/s1. The third kappa shape index (κ3) is 10.7. The van der Waals surface area contributed by atoms with E-state index in [0.717, 1.165) is 13.0 Å². The lowest BCUT2D eigenvalue weighted by atomic mass is 9.91. The number of hydrogen-bond acceptors (Lipinski definition) is 5. The second-order valence-electron chi connectivity index (χ2n) is 9.82. The number of allylic oxidation sites excluding steroid dienone is 1. The molecule has 0 aliphatic carbocycles. The number of rotatable bonds is 15. The van der Waals surface area contributed by atoms with E-state index in [2.05, 4.69) is 17.2 Å². The third-order valence-electron chi connectivity index (χ3n) is 5.92. The van der Waals surface area contributed by atoms with Gasteiger partial charge < -0.3 is 25.7 Å². The van der Waals surface area contributed by atoms with Crippen LogP contribution in [0.3, 0.4) is 0 Å². The number of hydrogen-bond donors (Lipinski definition) is 4. The largest absolute Gasteiger partial charge is 0.391 e. The number of halogens is 2. The molecule has 1 aromatic carbocycles. The Morgan fingerprint density at radius 2 is 1.74 bits per heavy atom. The first-order chi connectivity index (χ1) is 17.7. The number of carbonyl (C=O) groups is 3. The molecule has 0 saturated heterocycles. The number of nitrogens with one attached hydrogen (secondary N) is 2. The summed E-state index contributed by atoms with van der Waals surface area (Å²) in [6.45, 7) is 13.1. The Morgan fingerprint density at radius 3 is 2.29 bits per heavy atom. The van der Waals surface area contributed by atoms with E-state index in [4.69, 9.17) is 0 Å². The molecule has 1 rings (SSSR count). The van der Waals surface area contributed by atoms with Gasteiger partial charge in [-0.25, -0.2) is 8.78 Å². The lowest BCUT2D eigenvalue weighted by molar-refractivity contribution is -0.131. The topological polar surface area (TPSA) is 119 Å². The summed E-state index contributed by atoms with van der Waals surface area (Å²) < 4.78 is 27.1. The molecule has 4 atom stereocenters. The highest BCUT2D eigenvalue weighted by Gasteiger charge is 2.30. The molecule has 0 aliphatic rings. The number of amides is 3. The van der Waals surface area contributed by atoms with E-state index >= 15 is 0 Å². The molecular formula is C28H41F2N3O5. The number of carbonyl (C=O) groups excluding carboxylic acids is 3. The van der Waals surface area contributed by atoms with Crippen molar-refractivity contribution >= 4 is 17.7 Å². The normalized spacial score (nSPS) is 15.4. The van der Waals surface area contributed by atoms with Crippen LogP contribution in [0.15, 0.2) is 48.8 Å². The third-order valence-corrected chi connectivity index (χ3v) is 5.92. The molecule has 2 unspecified atom stereocenters. The fourth-order valence-electron chi connectivity index (χ4n) is 3.96. The van der Waals surface area contributed by atoms with E-state index in [1.807, 2.05) is 13.8 Å². The first kappa shape index (κ1) is 32.9. The molecule has 4 N–H and O–H groups in total. The van der Waals surface area contributed by atoms with Gasteiger partial charge in [-0.3, -0.25) is 14.4 Å². The fraction of sp³-hybridized carbons (Fsp3) is 0.536. The summed E-state index contributed by atoms with van der Waals surface area (Å²) in [6, 6.07) is 4.79. The van der Waals surface area contributed by atoms with Crippen LogP contribution in [0, 0.1) is 0 Å². The monoisotopic (exact) mass is 537 g/mol. The van der Waals surface area contributed by atoms with Crippen molar-refractivity contribution in [3.8, 4) is 0 Å². The van der Waals surface area contributed by atoms with Crippen molar-refractivity contribution in [3.63, 3.8) is 0 Å². The predicted molar refractivity (Wildman–Crippen MR) is 143 cm³/mol. The number of nitrogens with zero attached hydrogens (tertiary/aromatic N) is 1. The molecule has 0 aromatic heterocycles. The Labute approximate surface area is 223 Å². The lowest BCUT2D eigenvalue weighted by Gasteiger charge is -2.28. The molecule has 0 bridgehead atoms. The maximum absolute atomic E-state index is 14.5. The zero-order valence-corrected chi connectivity index (χ0v) is 22.8. The van der Waals surface area contributed by atoms with Crippen LogP contribution in [0.25, 0.3) is 0 Å². The Balaban J connectivity index is 3.16. The van der Waals surface area contributed by atoms with Gasteiger partial charge in [0.15, 0.2) is 0 Å². The molecule has 0 fully saturated rings. The molecule has 212 valence electrons. The van der Waals surface area contributed by atoms with Gasteiger partial charge in [-0.15, -0.1) is 0 Å². The van der Waals surface area contributed by atoms with E-state index < -0.39 is 42.2 Å². The molecule has 1 aromatic rings. The van der Waals surface area contributed by atoms with Crippen LogP contribution >= 0.6 is 0 Å². The molecule has 10 heteroatoms. The summed E-state index contributed by atoms with van der Waals surface area (Å²) in [6.07, 6.45) is -2.94. The van der Waals surface area contributed by atoms with Gasteiger partial charge in [0.1, 0.15) is 11.8 Å². The molecule has 0 radical (unpaired) electrons. The minimum absolute atomic E-state index is 0.0948. The minimum Gasteiger partial charge on any atom is -0.391 e. The van der Waals surface area contributed by atoms with Crippen LogP contribution in [0.5, 0.6) is 0 Å². The summed E-state index contributed by atoms with van der Waals surface area (Å²) in [5.41, 5.74) is -1.31. The minimum atomic E-state index is -2.04. The van der Waals surface area contributed by atoms with Crippen molar-refractivity contribution in [1.29, 1.82) is 0 Å². The van der Waals surface area contributed by atoms with Crippen LogP contribution in [-0.4, -0.2) is 75.9 Å². The van der Waals surface area contributed by atoms with Gasteiger partial charge in [-0.05, 0) is 65.3 Å². The van der Waals surface area contributed by atoms with E-state index in [1.165, 1.54) is 12.1 Å². The number of benzene rings is 1. The van der Waals surface area contributed by atoms with Crippen molar-refractivity contribution in [3.05, 3.63) is 60.0 Å². The van der Waals surface area contributed by atoms with Gasteiger partial charge in [-0.2, -0.15) is 0 Å². The van der Waals surface area contributed by atoms with E-state index in [9.17, 15) is 33.4 Å². The van der Waals surface area contributed by atoms with Crippen molar-refractivity contribution in [2.24, 2.45) is 0 Å². The first-order valence-corrected chi connectivity index (χ1v) is 12.7. The molecule has 0 saturated carbocycles. The summed E-state index contributed by atoms with van der Waals surface area (Å²) in [7, 11) is 0. The summed E-state index contributed by atoms with van der Waals surface area (Å²) >= 11 is 0. The highest BCUT2D eigenvalue weighted by atomic mass is 19.1. The maximum Gasteiger partial charge on any atom is 0.253 e. The smallest absolute Gasteiger partial charge is 0.253 e. The van der Waals surface area contributed by atoms with Crippen molar-refractivity contribution in [2.75, 3.05) is 13.1 Å². The summed E-state index contributed by atoms with van der Waals surface area (Å²) in [5.74, 6) is -1.55. The van der Waals surface area contributed by atoms with Crippen LogP contribution in [-0.2, 0) is 4.79 Å². The van der Waals surface area contributed by atoms with Gasteiger partial charge >= 0.3 is 0 Å². The highest BCUT2D eigenvalue weighted by Crippen LogP contribution is 2.25. The van der Waals surface area contributed by atoms with E-state index in [1.54, 1.807) is 30.9 Å². The molecule has 0 aliphatic heterocycles. The number of aliphatic hydroxyl groups is 2. The van der Waals surface area contributed by atoms with Crippen molar-refractivity contribution < 1.29 is 33.4 Å². The van der Waals surface area contributed by atoms with Gasteiger partial charge in [0.25, 0.3) is 11.8 Å². The van der Waals surface area contributed by atoms with Crippen LogP contribution in [0.2, 0.25) is 0 Å². The second kappa shape index (κ2) is 15.3. The van der Waals surface area contributed by atoms with Crippen LogP contribution < -0.4 is 10.6 Å². The van der Waals surface area contributed by atoms with Crippen molar-refractivity contribution in [1.82, 2.24) is 15.5 Å². The summed E-state index contributed by atoms with van der Waals surface area (Å²) in [5, 5.41) is 26.3. The SMILES string of the molecule is C=C(CC(NC(=O)c1cccc(C(=O)N(CC)CC)c1)[C@@H](O)C[C@@H](O)C(=O)NC(C)C)CC(C)(F)/C=C/F. The Hall–Kier alpha value is -3.11. The summed E-state index contributed by atoms with van der Waals surface area (Å²) in [4.78, 5) is 39.6. The maximum atomic E-state index is 14.5. The van der Waals surface area contributed by atoms with Crippen LogP contribution in [0.4, 0.5) is 8.78 Å². The zero-order valence-electron chi connectivity index (χ0n) is 22.8. The van der Waals surface area contributed by atoms with Crippen molar-refractivity contribution in [2.45, 2.75) is 83.8 Å². The van der Waals surface area contributed by atoms with E-state index in [0.29, 0.717) is 18.7 Å². The average Bonchev–Trinajstić information content (AvgIpc) is 2.83. The quantitative estimate of drug-likeness (QED) is 0.256. The highest BCUT2D eigenvalue weighted by molar-refractivity contribution is 5.99. The predicted octanol–water partition coefficient (Wildman–Crippen LogP) is 3.45. The van der Waals surface area contributed by atoms with Gasteiger partial charge in [0, 0.05) is 43.1 Å². The molecule has 3 amide bonds. The molecular weight excluding hydrogens is 496 g/mol. The molecule has 0 heterocycles. The second-order valence-corrected chi connectivity index (χ2v) is 9.82. The fourth-order valence-corrected chi connectivity index (χ4v) is 3.96. The Morgan fingerprint density at radius 1 is 1.13 bits per heavy atom. The van der Waals surface area contributed by atoms with Crippen LogP contribution in [0.1, 0.15) is 74.6 Å². The lowest BCUT2D eigenvalue weighted by Crippen LogP contribution is -2.47. The Bertz CT molecular complexity index is 992. The molecule has 38 heavy (non-hydrogen) atoms. The van der Waals surface area contributed by atoms with E-state index in [-0.39, 0.29) is 42.3 Å². The number of alkyl halides is 1. The molecule has 8 nitrogen and oxygen atoms in total. The van der Waals surface area contributed by atoms with Gasteiger partial charge in [0.05, 0.1) is 18.5 Å². The average molecular weight is 538 g/mol. The van der Waals surface area contributed by atoms with Gasteiger partial charge in [0.2, 0.25) is 5.91 Å². The van der Waals surface area contributed by atoms with Gasteiger partial charge in [-0.1, -0.05) is 18.2 Å². The zero-order chi connectivity index (χ0) is 29.0. The number of aliphatic hydroxyl groups excluding tert-OH is 2. The first-order valence-electron chi connectivity index (χ1n) is 12.7.